The number of pyridine rings is 10. The molecule has 0 amide bonds. The summed E-state index contributed by atoms with van der Waals surface area (Å²) in [6, 6.07) is 66.2. The van der Waals surface area contributed by atoms with E-state index in [1.165, 1.54) is 18.2 Å². The number of fused-ring (bicyclic) bond motifs is 35. The second-order valence-electron chi connectivity index (χ2n) is 39.6. The third kappa shape index (κ3) is 14.8. The zero-order chi connectivity index (χ0) is 101. The van der Waals surface area contributed by atoms with Gasteiger partial charge in [0.2, 0.25) is 0 Å². The number of H-pyrrole nitrogens is 10. The third-order valence-corrected chi connectivity index (χ3v) is 28.5. The second-order valence-corrected chi connectivity index (χ2v) is 40.9. The first-order valence-electron chi connectivity index (χ1n) is 48.4. The maximum absolute atomic E-state index is 14.2. The van der Waals surface area contributed by atoms with Crippen molar-refractivity contribution in [2.45, 2.75) is 86.0 Å². The van der Waals surface area contributed by atoms with Crippen molar-refractivity contribution in [3.8, 4) is 56.9 Å². The molecule has 0 fully saturated rings. The normalized spacial score (nSPS) is 12.2. The van der Waals surface area contributed by atoms with Crippen LogP contribution in [-0.4, -0.2) is 125 Å². The smallest absolute Gasteiger partial charge is 0.141 e. The van der Waals surface area contributed by atoms with E-state index in [0.29, 0.717) is 22.5 Å². The summed E-state index contributed by atoms with van der Waals surface area (Å²) in [5.41, 5.74) is 32.0. The predicted molar refractivity (Wildman–Crippen MR) is 593 cm³/mol. The van der Waals surface area contributed by atoms with E-state index in [9.17, 15) is 13.2 Å². The Hall–Kier alpha value is -18.1. The van der Waals surface area contributed by atoms with Crippen molar-refractivity contribution >= 4 is 246 Å². The van der Waals surface area contributed by atoms with Gasteiger partial charge in [0.25, 0.3) is 0 Å². The van der Waals surface area contributed by atoms with E-state index >= 15 is 0 Å². The van der Waals surface area contributed by atoms with E-state index < -0.39 is 0 Å². The molecule has 718 valence electrons. The molecular weight excluding hydrogens is 1940 g/mol. The maximum Gasteiger partial charge on any atom is 0.141 e. The Morgan fingerprint density at radius 2 is 0.486 bits per heavy atom. The van der Waals surface area contributed by atoms with Crippen LogP contribution in [0.15, 0.2) is 279 Å². The number of aryl methyl sites for hydroxylation is 2. The minimum Gasteiger partial charge on any atom is -0.358 e. The molecule has 0 radical (unpaired) electrons. The number of hydrogen-bond donors (Lipinski definition) is 10. The fourth-order valence-electron chi connectivity index (χ4n) is 21.3. The van der Waals surface area contributed by atoms with Gasteiger partial charge in [-0.25, -0.2) is 38.1 Å². The van der Waals surface area contributed by atoms with Crippen molar-refractivity contribution in [1.82, 2.24) is 125 Å². The van der Waals surface area contributed by atoms with Crippen molar-refractivity contribution in [3.05, 3.63) is 330 Å². The average Bonchev–Trinajstić information content (AvgIpc) is 1.57. The molecule has 20 heterocycles. The summed E-state index contributed by atoms with van der Waals surface area (Å²) in [4.78, 5) is 106. The first-order valence-corrected chi connectivity index (χ1v) is 49.6. The lowest BCUT2D eigenvalue weighted by Gasteiger charge is -2.18. The van der Waals surface area contributed by atoms with Crippen LogP contribution in [-0.2, 0) is 10.8 Å². The molecule has 0 saturated carbocycles. The molecule has 20 aromatic heterocycles. The fraction of sp³-hybridized carbons (Fsp3) is 0.110. The van der Waals surface area contributed by atoms with Crippen LogP contribution < -0.4 is 0 Å². The van der Waals surface area contributed by atoms with Gasteiger partial charge in [0, 0.05) is 247 Å². The standard InChI is InChI=1S/C25H20BrN5.C25H20FN5.C24H18FN5.C22H14ClN5.C22H14FN5/c2*1-25(2,3)23-18(16-12-13(26)8-9-17(16)29-23)24-30-21-14-6-4-10-27-19(14)20-15(22(21)31-24)7-5-11-28-20;1-12(2)19-18(16-11-13(25)7-8-17(16)28-19)24-29-22-14-5-3-9-26-20(14)21-15(23(22)30-24)6-4-10-27-21;2*1-11-17(15-10-12(23)6-7-16(15)26-11)22-27-20-13-4-2-8-24-18(13)19-14(21(20)28-22)5-3-9-25-19/h2*4-12,29H,1-3H3,(H,30,31);3-12,28H,1-2H3,(H,29,30);2*2-10,26H,1H3,(H,27,28). The predicted octanol–water partition coefficient (Wildman–Crippen LogP) is 30.2. The van der Waals surface area contributed by atoms with Crippen LogP contribution >= 0.6 is 27.5 Å². The van der Waals surface area contributed by atoms with E-state index in [0.717, 1.165) is 291 Å². The lowest BCUT2D eigenvalue weighted by atomic mass is 9.88. The lowest BCUT2D eigenvalue weighted by molar-refractivity contribution is 0.575. The minimum atomic E-state index is -0.270. The molecule has 0 aliphatic rings. The zero-order valence-electron chi connectivity index (χ0n) is 81.2. The van der Waals surface area contributed by atoms with Crippen molar-refractivity contribution in [2.75, 3.05) is 0 Å². The highest BCUT2D eigenvalue weighted by Crippen LogP contribution is 2.48. The summed E-state index contributed by atoms with van der Waals surface area (Å²) in [6.45, 7) is 21.3. The summed E-state index contributed by atoms with van der Waals surface area (Å²) < 4.78 is 43.2. The van der Waals surface area contributed by atoms with Crippen molar-refractivity contribution in [2.24, 2.45) is 0 Å². The van der Waals surface area contributed by atoms with Gasteiger partial charge in [0.15, 0.2) is 0 Å². The van der Waals surface area contributed by atoms with Crippen LogP contribution in [0.5, 0.6) is 0 Å². The topological polar surface area (TPSA) is 351 Å². The van der Waals surface area contributed by atoms with Crippen LogP contribution in [0, 0.1) is 31.3 Å². The SMILES string of the molecule is CC(C)(C)c1[nH]c2ccc(Br)cc2c1-c1nc2c3cccnc3c3ncccc3c2[nH]1.CC(C)(C)c1[nH]c2ccc(F)cc2c1-c1nc2c3cccnc3c3ncccc3c2[nH]1.CC(C)c1[nH]c2ccc(F)cc2c1-c1nc2c3cccnc3c3ncccc3c2[nH]1.Cc1[nH]c2ccc(Cl)cc2c1-c1nc2c3cccnc3c3ncccc3c2[nH]1.Cc1[nH]c2ccc(F)cc2c1-c1nc2c3cccnc3c3ncccc3c2[nH]1. The number of hydrogen-bond acceptors (Lipinski definition) is 15. The number of nitrogens with zero attached hydrogens (tertiary/aromatic N) is 15. The molecule has 0 unspecified atom stereocenters. The van der Waals surface area contributed by atoms with Gasteiger partial charge in [-0.2, -0.15) is 0 Å². The van der Waals surface area contributed by atoms with E-state index in [2.05, 4.69) is 214 Å². The molecule has 30 heteroatoms. The van der Waals surface area contributed by atoms with Gasteiger partial charge in [-0.05, 0) is 232 Å². The van der Waals surface area contributed by atoms with Gasteiger partial charge >= 0.3 is 0 Å². The number of imidazole rings is 5. The Balaban J connectivity index is 0.0000000937. The van der Waals surface area contributed by atoms with Gasteiger partial charge in [0.05, 0.1) is 110 Å². The Morgan fingerprint density at radius 3 is 0.791 bits per heavy atom. The molecule has 0 spiro atoms. The maximum atomic E-state index is 14.2. The van der Waals surface area contributed by atoms with Crippen LogP contribution in [0.1, 0.15) is 89.8 Å². The Labute approximate surface area is 850 Å². The highest BCUT2D eigenvalue weighted by atomic mass is 79.9. The Morgan fingerprint density at radius 1 is 0.250 bits per heavy atom. The number of nitrogens with one attached hydrogen (secondary N) is 10. The molecular formula is C118H86BrClF3N25. The van der Waals surface area contributed by atoms with Crippen molar-refractivity contribution in [3.63, 3.8) is 0 Å². The largest absolute Gasteiger partial charge is 0.358 e. The fourth-order valence-corrected chi connectivity index (χ4v) is 21.9. The second kappa shape index (κ2) is 34.6. The van der Waals surface area contributed by atoms with E-state index in [4.69, 9.17) is 36.5 Å². The molecule has 10 aromatic carbocycles. The molecule has 30 rings (SSSR count). The van der Waals surface area contributed by atoms with Crippen molar-refractivity contribution < 1.29 is 13.2 Å². The van der Waals surface area contributed by atoms with Crippen LogP contribution in [0.2, 0.25) is 5.02 Å². The van der Waals surface area contributed by atoms with Crippen LogP contribution in [0.25, 0.3) is 276 Å². The van der Waals surface area contributed by atoms with E-state index in [1.807, 2.05) is 141 Å². The molecule has 0 aliphatic carbocycles. The molecule has 30 aromatic rings. The highest BCUT2D eigenvalue weighted by Gasteiger charge is 2.32. The van der Waals surface area contributed by atoms with E-state index in [-0.39, 0.29) is 34.2 Å². The first-order chi connectivity index (χ1) is 71.9. The molecule has 10 N–H and O–H groups in total. The molecule has 148 heavy (non-hydrogen) atoms. The summed E-state index contributed by atoms with van der Waals surface area (Å²) in [6.07, 6.45) is 17.9. The summed E-state index contributed by atoms with van der Waals surface area (Å²) in [5, 5.41) is 15.1. The molecule has 0 atom stereocenters. The zero-order valence-corrected chi connectivity index (χ0v) is 83.5. The number of aromatic amines is 10. The number of benzene rings is 10. The number of halogens is 5. The quantitative estimate of drug-likeness (QED) is 0.0692. The number of aromatic nitrogens is 25. The highest BCUT2D eigenvalue weighted by molar-refractivity contribution is 9.10. The number of rotatable bonds is 6. The average molecular weight is 2030 g/mol. The molecule has 0 aliphatic heterocycles. The Kier molecular flexibility index (Phi) is 21.0. The van der Waals surface area contributed by atoms with Crippen molar-refractivity contribution in [1.29, 1.82) is 0 Å². The van der Waals surface area contributed by atoms with Gasteiger partial charge in [-0.3, -0.25) is 49.8 Å². The Bertz CT molecular complexity index is 9910. The molecule has 0 bridgehead atoms. The van der Waals surface area contributed by atoms with Crippen LogP contribution in [0.3, 0.4) is 0 Å². The van der Waals surface area contributed by atoms with Gasteiger partial charge in [0.1, 0.15) is 46.6 Å². The summed E-state index contributed by atoms with van der Waals surface area (Å²) in [5.74, 6) is 3.20. The monoisotopic (exact) mass is 2020 g/mol. The molecule has 0 saturated heterocycles. The summed E-state index contributed by atoms with van der Waals surface area (Å²) in [7, 11) is 0. The molecule has 25 nitrogen and oxygen atoms in total. The van der Waals surface area contributed by atoms with Gasteiger partial charge in [-0.15, -0.1) is 0 Å². The first kappa shape index (κ1) is 90.0. The van der Waals surface area contributed by atoms with E-state index in [1.54, 1.807) is 86.0 Å². The minimum absolute atomic E-state index is 0.0763. The van der Waals surface area contributed by atoms with Gasteiger partial charge < -0.3 is 49.8 Å². The summed E-state index contributed by atoms with van der Waals surface area (Å²) >= 11 is 9.90. The van der Waals surface area contributed by atoms with Gasteiger partial charge in [-0.1, -0.05) is 82.9 Å². The lowest BCUT2D eigenvalue weighted by Crippen LogP contribution is -2.13. The third-order valence-electron chi connectivity index (χ3n) is 27.8. The van der Waals surface area contributed by atoms with Crippen LogP contribution in [0.4, 0.5) is 13.2 Å².